The van der Waals surface area contributed by atoms with E-state index in [1.54, 1.807) is 12.1 Å². The molecule has 0 radical (unpaired) electrons. The molecular weight excluding hydrogens is 342 g/mol. The highest BCUT2D eigenvalue weighted by Crippen LogP contribution is 2.37. The van der Waals surface area contributed by atoms with Gasteiger partial charge in [0.2, 0.25) is 0 Å². The van der Waals surface area contributed by atoms with Gasteiger partial charge in [0, 0.05) is 11.6 Å². The Balaban J connectivity index is 2.10. The van der Waals surface area contributed by atoms with Gasteiger partial charge in [0.15, 0.2) is 0 Å². The van der Waals surface area contributed by atoms with Gasteiger partial charge in [0.1, 0.15) is 16.6 Å². The first-order valence-electron chi connectivity index (χ1n) is 7.71. The Morgan fingerprint density at radius 3 is 2.64 bits per heavy atom. The molecule has 0 atom stereocenters. The zero-order valence-electron chi connectivity index (χ0n) is 13.7. The third-order valence-electron chi connectivity index (χ3n) is 3.55. The van der Waals surface area contributed by atoms with Gasteiger partial charge in [-0.2, -0.15) is 0 Å². The summed E-state index contributed by atoms with van der Waals surface area (Å²) in [6, 6.07) is 12.3. The van der Waals surface area contributed by atoms with Crippen molar-refractivity contribution in [2.24, 2.45) is 0 Å². The number of para-hydroxylation sites is 2. The van der Waals surface area contributed by atoms with E-state index in [1.165, 1.54) is 12.3 Å². The molecule has 0 amide bonds. The van der Waals surface area contributed by atoms with Gasteiger partial charge in [0.25, 0.3) is 5.69 Å². The number of nitrogens with one attached hydrogen (secondary N) is 1. The maximum atomic E-state index is 11.3. The summed E-state index contributed by atoms with van der Waals surface area (Å²) in [6.07, 6.45) is 1.53. The van der Waals surface area contributed by atoms with Gasteiger partial charge in [0.05, 0.1) is 22.1 Å². The quantitative estimate of drug-likeness (QED) is 0.493. The van der Waals surface area contributed by atoms with Crippen LogP contribution < -0.4 is 10.1 Å². The predicted octanol–water partition coefficient (Wildman–Crippen LogP) is 5.33. The van der Waals surface area contributed by atoms with Crippen molar-refractivity contribution >= 4 is 39.6 Å². The minimum atomic E-state index is -0.482. The summed E-state index contributed by atoms with van der Waals surface area (Å²) < 4.78 is 5.79. The van der Waals surface area contributed by atoms with Crippen molar-refractivity contribution in [3.63, 3.8) is 0 Å². The molecule has 3 rings (SSSR count). The van der Waals surface area contributed by atoms with Crippen molar-refractivity contribution in [2.45, 2.75) is 20.0 Å². The predicted molar refractivity (Wildman–Crippen MR) is 98.9 cm³/mol. The summed E-state index contributed by atoms with van der Waals surface area (Å²) in [5.74, 6) is 1.18. The van der Waals surface area contributed by atoms with Crippen molar-refractivity contribution in [1.29, 1.82) is 0 Å². The van der Waals surface area contributed by atoms with Crippen LogP contribution in [0.3, 0.4) is 0 Å². The third kappa shape index (κ3) is 3.49. The molecule has 0 fully saturated rings. The number of nitrogens with zero attached hydrogens (tertiary/aromatic N) is 2. The number of nitro groups is 1. The summed E-state index contributed by atoms with van der Waals surface area (Å²) in [7, 11) is 0. The zero-order valence-corrected chi connectivity index (χ0v) is 14.4. The van der Waals surface area contributed by atoms with E-state index in [9.17, 15) is 10.1 Å². The molecule has 2 aromatic carbocycles. The lowest BCUT2D eigenvalue weighted by Crippen LogP contribution is -2.07. The highest BCUT2D eigenvalue weighted by atomic mass is 35.5. The Bertz CT molecular complexity index is 944. The number of hydrogen-bond donors (Lipinski definition) is 1. The van der Waals surface area contributed by atoms with Crippen molar-refractivity contribution in [3.05, 3.63) is 63.8 Å². The molecule has 6 nitrogen and oxygen atoms in total. The molecule has 7 heteroatoms. The lowest BCUT2D eigenvalue weighted by Gasteiger charge is -2.16. The van der Waals surface area contributed by atoms with Crippen molar-refractivity contribution in [1.82, 2.24) is 4.98 Å². The molecule has 1 aromatic heterocycles. The number of nitro benzene ring substituents is 1. The standard InChI is InChI=1S/C18H16ClN3O3/c1-11(2)25-16-6-4-3-5-15(16)21-18-13-7-8-14(19)17(22(23)24)12(13)9-10-20-18/h3-11H,1-2H3,(H,20,21). The average Bonchev–Trinajstić information content (AvgIpc) is 2.55. The molecule has 1 heterocycles. The van der Waals surface area contributed by atoms with Crippen molar-refractivity contribution < 1.29 is 9.66 Å². The molecule has 1 N–H and O–H groups in total. The molecule has 0 saturated carbocycles. The minimum Gasteiger partial charge on any atom is -0.489 e. The fraction of sp³-hybridized carbons (Fsp3) is 0.167. The first kappa shape index (κ1) is 17.0. The van der Waals surface area contributed by atoms with E-state index in [4.69, 9.17) is 16.3 Å². The number of pyridine rings is 1. The largest absolute Gasteiger partial charge is 0.489 e. The van der Waals surface area contributed by atoms with Crippen LogP contribution in [-0.2, 0) is 0 Å². The summed E-state index contributed by atoms with van der Waals surface area (Å²) >= 11 is 5.99. The van der Waals surface area contributed by atoms with E-state index in [0.717, 1.165) is 5.69 Å². The zero-order chi connectivity index (χ0) is 18.0. The van der Waals surface area contributed by atoms with Crippen LogP contribution in [-0.4, -0.2) is 16.0 Å². The van der Waals surface area contributed by atoms with Gasteiger partial charge in [-0.1, -0.05) is 23.7 Å². The second-order valence-corrected chi connectivity index (χ2v) is 6.10. The number of rotatable bonds is 5. The summed E-state index contributed by atoms with van der Waals surface area (Å²) in [6.45, 7) is 3.89. The van der Waals surface area contributed by atoms with Gasteiger partial charge in [-0.15, -0.1) is 0 Å². The Labute approximate surface area is 149 Å². The number of halogens is 1. The van der Waals surface area contributed by atoms with Gasteiger partial charge in [-0.05, 0) is 44.2 Å². The first-order chi connectivity index (χ1) is 12.0. The van der Waals surface area contributed by atoms with E-state index < -0.39 is 4.92 Å². The van der Waals surface area contributed by atoms with Crippen LogP contribution in [0.1, 0.15) is 13.8 Å². The smallest absolute Gasteiger partial charge is 0.295 e. The van der Waals surface area contributed by atoms with Crippen LogP contribution in [0.25, 0.3) is 10.8 Å². The first-order valence-corrected chi connectivity index (χ1v) is 8.09. The molecule has 0 bridgehead atoms. The number of fused-ring (bicyclic) bond motifs is 1. The van der Waals surface area contributed by atoms with Crippen LogP contribution >= 0.6 is 11.6 Å². The molecule has 3 aromatic rings. The van der Waals surface area contributed by atoms with E-state index in [1.807, 2.05) is 38.1 Å². The molecule has 25 heavy (non-hydrogen) atoms. The maximum absolute atomic E-state index is 11.3. The van der Waals surface area contributed by atoms with Crippen LogP contribution in [0, 0.1) is 10.1 Å². The van der Waals surface area contributed by atoms with Gasteiger partial charge in [-0.3, -0.25) is 10.1 Å². The van der Waals surface area contributed by atoms with Crippen LogP contribution in [0.4, 0.5) is 17.2 Å². The SMILES string of the molecule is CC(C)Oc1ccccc1Nc1nccc2c([N+](=O)[O-])c(Cl)ccc12. The number of aromatic nitrogens is 1. The number of ether oxygens (including phenoxy) is 1. The Kier molecular flexibility index (Phi) is 4.72. The molecular formula is C18H16ClN3O3. The summed E-state index contributed by atoms with van der Waals surface area (Å²) in [5.41, 5.74) is 0.602. The molecule has 128 valence electrons. The number of anilines is 2. The monoisotopic (exact) mass is 357 g/mol. The van der Waals surface area contributed by atoms with E-state index >= 15 is 0 Å². The summed E-state index contributed by atoms with van der Waals surface area (Å²) in [5, 5.41) is 15.7. The van der Waals surface area contributed by atoms with E-state index in [-0.39, 0.29) is 16.8 Å². The Morgan fingerprint density at radius 2 is 1.92 bits per heavy atom. The summed E-state index contributed by atoms with van der Waals surface area (Å²) in [4.78, 5) is 15.2. The molecule has 0 unspecified atom stereocenters. The lowest BCUT2D eigenvalue weighted by atomic mass is 10.1. The third-order valence-corrected chi connectivity index (χ3v) is 3.86. The fourth-order valence-corrected chi connectivity index (χ4v) is 2.79. The Morgan fingerprint density at radius 1 is 1.16 bits per heavy atom. The van der Waals surface area contributed by atoms with Gasteiger partial charge >= 0.3 is 0 Å². The van der Waals surface area contributed by atoms with E-state index in [0.29, 0.717) is 22.3 Å². The second-order valence-electron chi connectivity index (χ2n) is 5.70. The lowest BCUT2D eigenvalue weighted by molar-refractivity contribution is -0.382. The highest BCUT2D eigenvalue weighted by molar-refractivity contribution is 6.34. The number of benzene rings is 2. The van der Waals surface area contributed by atoms with E-state index in [2.05, 4.69) is 10.3 Å². The van der Waals surface area contributed by atoms with Crippen LogP contribution in [0.2, 0.25) is 5.02 Å². The normalized spacial score (nSPS) is 10.9. The molecule has 0 aliphatic carbocycles. The van der Waals surface area contributed by atoms with Crippen molar-refractivity contribution in [2.75, 3.05) is 5.32 Å². The fourth-order valence-electron chi connectivity index (χ4n) is 2.55. The maximum Gasteiger partial charge on any atom is 0.295 e. The molecule has 0 aliphatic heterocycles. The van der Waals surface area contributed by atoms with Gasteiger partial charge < -0.3 is 10.1 Å². The Hall–Kier alpha value is -2.86. The highest BCUT2D eigenvalue weighted by Gasteiger charge is 2.19. The van der Waals surface area contributed by atoms with Crippen molar-refractivity contribution in [3.8, 4) is 5.75 Å². The topological polar surface area (TPSA) is 77.3 Å². The average molecular weight is 358 g/mol. The van der Waals surface area contributed by atoms with Crippen LogP contribution in [0.5, 0.6) is 5.75 Å². The van der Waals surface area contributed by atoms with Gasteiger partial charge in [-0.25, -0.2) is 4.98 Å². The molecule has 0 aliphatic rings. The molecule has 0 saturated heterocycles. The second kappa shape index (κ2) is 6.94. The van der Waals surface area contributed by atoms with Crippen LogP contribution in [0.15, 0.2) is 48.7 Å². The number of hydrogen-bond acceptors (Lipinski definition) is 5. The molecule has 0 spiro atoms. The minimum absolute atomic E-state index is 0.0170.